The third kappa shape index (κ3) is 8.05. The summed E-state index contributed by atoms with van der Waals surface area (Å²) in [5, 5.41) is 9.94. The minimum absolute atomic E-state index is 0. The van der Waals surface area contributed by atoms with Gasteiger partial charge >= 0.3 is 0 Å². The number of hydrogen-bond acceptors (Lipinski definition) is 4. The minimum Gasteiger partial charge on any atom is -0.352 e. The van der Waals surface area contributed by atoms with E-state index in [0.29, 0.717) is 12.5 Å². The van der Waals surface area contributed by atoms with Crippen molar-refractivity contribution < 1.29 is 0 Å². The molecule has 2 N–H and O–H groups in total. The fourth-order valence-electron chi connectivity index (χ4n) is 2.71. The fourth-order valence-corrected chi connectivity index (χ4v) is 3.60. The van der Waals surface area contributed by atoms with E-state index in [9.17, 15) is 0 Å². The van der Waals surface area contributed by atoms with Gasteiger partial charge in [0.05, 0.1) is 12.2 Å². The Morgan fingerprint density at radius 1 is 1.07 bits per heavy atom. The molecule has 0 saturated heterocycles. The fraction of sp³-hybridized carbons (Fsp3) is 0.524. The number of halogens is 1. The first kappa shape index (κ1) is 24.8. The van der Waals surface area contributed by atoms with Gasteiger partial charge in [0.25, 0.3) is 0 Å². The smallest absolute Gasteiger partial charge is 0.191 e. The van der Waals surface area contributed by atoms with Crippen molar-refractivity contribution in [3.8, 4) is 0 Å². The molecule has 1 aromatic carbocycles. The van der Waals surface area contributed by atoms with Gasteiger partial charge in [0.1, 0.15) is 5.01 Å². The predicted molar refractivity (Wildman–Crippen MR) is 132 cm³/mol. The van der Waals surface area contributed by atoms with Crippen molar-refractivity contribution >= 4 is 41.3 Å². The van der Waals surface area contributed by atoms with E-state index in [2.05, 4.69) is 82.9 Å². The van der Waals surface area contributed by atoms with Gasteiger partial charge in [-0.25, -0.2) is 4.98 Å². The maximum atomic E-state index is 4.65. The molecular weight excluding hydrogens is 481 g/mol. The third-order valence-corrected chi connectivity index (χ3v) is 5.44. The van der Waals surface area contributed by atoms with Crippen molar-refractivity contribution in [2.24, 2.45) is 4.99 Å². The molecule has 0 unspecified atom stereocenters. The number of hydrogen-bond donors (Lipinski definition) is 2. The van der Waals surface area contributed by atoms with Gasteiger partial charge in [-0.2, -0.15) is 0 Å². The lowest BCUT2D eigenvalue weighted by molar-refractivity contribution is 0.296. The molecule has 7 heteroatoms. The van der Waals surface area contributed by atoms with Gasteiger partial charge in [-0.15, -0.1) is 35.3 Å². The van der Waals surface area contributed by atoms with Crippen molar-refractivity contribution in [2.45, 2.75) is 53.2 Å². The van der Waals surface area contributed by atoms with Crippen LogP contribution in [0, 0.1) is 0 Å². The Labute approximate surface area is 191 Å². The zero-order valence-electron chi connectivity index (χ0n) is 17.7. The summed E-state index contributed by atoms with van der Waals surface area (Å²) in [6.45, 7) is 13.4. The highest BCUT2D eigenvalue weighted by Gasteiger charge is 2.07. The Kier molecular flexibility index (Phi) is 11.6. The summed E-state index contributed by atoms with van der Waals surface area (Å²) < 4.78 is 0. The van der Waals surface area contributed by atoms with Crippen LogP contribution < -0.4 is 10.6 Å². The second-order valence-electron chi connectivity index (χ2n) is 6.88. The molecule has 5 nitrogen and oxygen atoms in total. The van der Waals surface area contributed by atoms with Crippen LogP contribution >= 0.6 is 35.3 Å². The molecular formula is C21H34IN5S. The van der Waals surface area contributed by atoms with E-state index in [1.807, 2.05) is 0 Å². The van der Waals surface area contributed by atoms with Gasteiger partial charge in [-0.3, -0.25) is 9.89 Å². The maximum absolute atomic E-state index is 4.65. The molecule has 156 valence electrons. The number of aliphatic imine (C=N–C) groups is 1. The van der Waals surface area contributed by atoms with Crippen LogP contribution in [0.5, 0.6) is 0 Å². The first-order valence-corrected chi connectivity index (χ1v) is 10.6. The molecule has 0 amide bonds. The third-order valence-electron chi connectivity index (χ3n) is 4.58. The van der Waals surface area contributed by atoms with E-state index in [4.69, 9.17) is 0 Å². The predicted octanol–water partition coefficient (Wildman–Crippen LogP) is 4.59. The van der Waals surface area contributed by atoms with E-state index in [0.717, 1.165) is 42.8 Å². The molecule has 0 atom stereocenters. The zero-order valence-corrected chi connectivity index (χ0v) is 20.8. The molecule has 1 aromatic heterocycles. The number of benzene rings is 1. The highest BCUT2D eigenvalue weighted by atomic mass is 127. The van der Waals surface area contributed by atoms with E-state index in [1.165, 1.54) is 11.1 Å². The second kappa shape index (κ2) is 13.1. The SMILES string of the molecule is CCN(CC)Cc1ccc(CNC(=NC)NCc2nc(C(C)C)cs2)cc1.I. The van der Waals surface area contributed by atoms with Crippen molar-refractivity contribution in [1.82, 2.24) is 20.5 Å². The Balaban J connectivity index is 0.00000392. The van der Waals surface area contributed by atoms with Crippen LogP contribution in [-0.4, -0.2) is 36.0 Å². The quantitative estimate of drug-likeness (QED) is 0.292. The molecule has 0 radical (unpaired) electrons. The number of aromatic nitrogens is 1. The van der Waals surface area contributed by atoms with E-state index < -0.39 is 0 Å². The summed E-state index contributed by atoms with van der Waals surface area (Å²) in [6.07, 6.45) is 0. The molecule has 0 spiro atoms. The van der Waals surface area contributed by atoms with Gasteiger partial charge in [0.15, 0.2) is 5.96 Å². The van der Waals surface area contributed by atoms with E-state index in [-0.39, 0.29) is 24.0 Å². The van der Waals surface area contributed by atoms with Crippen LogP contribution in [0.15, 0.2) is 34.6 Å². The molecule has 0 saturated carbocycles. The Morgan fingerprint density at radius 2 is 1.68 bits per heavy atom. The molecule has 0 aliphatic rings. The van der Waals surface area contributed by atoms with Crippen LogP contribution in [0.3, 0.4) is 0 Å². The first-order chi connectivity index (χ1) is 13.0. The van der Waals surface area contributed by atoms with Crippen LogP contribution in [0.25, 0.3) is 0 Å². The van der Waals surface area contributed by atoms with Gasteiger partial charge in [0.2, 0.25) is 0 Å². The molecule has 2 aromatic rings. The lowest BCUT2D eigenvalue weighted by atomic mass is 10.1. The first-order valence-electron chi connectivity index (χ1n) is 9.74. The number of nitrogens with zero attached hydrogens (tertiary/aromatic N) is 3. The lowest BCUT2D eigenvalue weighted by Crippen LogP contribution is -2.36. The normalized spacial score (nSPS) is 11.6. The molecule has 0 fully saturated rings. The summed E-state index contributed by atoms with van der Waals surface area (Å²) in [4.78, 5) is 11.4. The molecule has 2 rings (SSSR count). The average Bonchev–Trinajstić information content (AvgIpc) is 3.16. The summed E-state index contributed by atoms with van der Waals surface area (Å²) in [7, 11) is 1.80. The number of rotatable bonds is 9. The van der Waals surface area contributed by atoms with Gasteiger partial charge in [0, 0.05) is 25.5 Å². The topological polar surface area (TPSA) is 52.5 Å². The molecule has 1 heterocycles. The van der Waals surface area contributed by atoms with E-state index in [1.54, 1.807) is 18.4 Å². The monoisotopic (exact) mass is 515 g/mol. The largest absolute Gasteiger partial charge is 0.352 e. The molecule has 0 bridgehead atoms. The Bertz CT molecular complexity index is 708. The van der Waals surface area contributed by atoms with Crippen molar-refractivity contribution in [1.29, 1.82) is 0 Å². The van der Waals surface area contributed by atoms with Crippen molar-refractivity contribution in [3.05, 3.63) is 51.5 Å². The maximum Gasteiger partial charge on any atom is 0.191 e. The summed E-state index contributed by atoms with van der Waals surface area (Å²) in [5.41, 5.74) is 3.76. The zero-order chi connectivity index (χ0) is 19.6. The van der Waals surface area contributed by atoms with Gasteiger partial charge < -0.3 is 10.6 Å². The van der Waals surface area contributed by atoms with Crippen molar-refractivity contribution in [3.63, 3.8) is 0 Å². The van der Waals surface area contributed by atoms with E-state index >= 15 is 0 Å². The highest BCUT2D eigenvalue weighted by molar-refractivity contribution is 14.0. The highest BCUT2D eigenvalue weighted by Crippen LogP contribution is 2.17. The summed E-state index contributed by atoms with van der Waals surface area (Å²) in [5.74, 6) is 1.26. The Hall–Kier alpha value is -1.19. The van der Waals surface area contributed by atoms with Gasteiger partial charge in [-0.05, 0) is 30.1 Å². The second-order valence-corrected chi connectivity index (χ2v) is 7.82. The number of nitrogens with one attached hydrogen (secondary N) is 2. The Morgan fingerprint density at radius 3 is 2.21 bits per heavy atom. The van der Waals surface area contributed by atoms with Crippen LogP contribution in [0.2, 0.25) is 0 Å². The molecule has 28 heavy (non-hydrogen) atoms. The molecule has 0 aliphatic carbocycles. The lowest BCUT2D eigenvalue weighted by Gasteiger charge is -2.18. The minimum atomic E-state index is 0. The van der Waals surface area contributed by atoms with Crippen LogP contribution in [-0.2, 0) is 19.6 Å². The standard InChI is InChI=1S/C21H33N5S.HI/c1-6-26(7-2)14-18-10-8-17(9-11-18)12-23-21(22-5)24-13-20-25-19(15-27-20)16(3)4;/h8-11,15-16H,6-7,12-14H2,1-5H3,(H2,22,23,24);1H. The average molecular weight is 516 g/mol. The molecule has 0 aliphatic heterocycles. The van der Waals surface area contributed by atoms with Crippen LogP contribution in [0.1, 0.15) is 55.4 Å². The number of guanidine groups is 1. The van der Waals surface area contributed by atoms with Crippen LogP contribution in [0.4, 0.5) is 0 Å². The summed E-state index contributed by atoms with van der Waals surface area (Å²) in [6, 6.07) is 8.81. The van der Waals surface area contributed by atoms with Crippen molar-refractivity contribution in [2.75, 3.05) is 20.1 Å². The van der Waals surface area contributed by atoms with Gasteiger partial charge in [-0.1, -0.05) is 52.0 Å². The summed E-state index contributed by atoms with van der Waals surface area (Å²) >= 11 is 1.69. The number of thiazole rings is 1.